The molecular weight excluding hydrogens is 264 g/mol. The molecule has 2 aliphatic carbocycles. The monoisotopic (exact) mass is 292 g/mol. The fourth-order valence-electron chi connectivity index (χ4n) is 4.14. The van der Waals surface area contributed by atoms with Gasteiger partial charge in [0.2, 0.25) is 11.8 Å². The number of nitrogens with one attached hydrogen (secondary N) is 1. The van der Waals surface area contributed by atoms with Gasteiger partial charge >= 0.3 is 0 Å². The minimum Gasteiger partial charge on any atom is -0.342 e. The zero-order chi connectivity index (χ0) is 15.6. The van der Waals surface area contributed by atoms with E-state index in [1.54, 1.807) is 0 Å². The highest BCUT2D eigenvalue weighted by Crippen LogP contribution is 2.68. The smallest absolute Gasteiger partial charge is 0.246 e. The summed E-state index contributed by atoms with van der Waals surface area (Å²) in [4.78, 5) is 27.1. The molecule has 0 radical (unpaired) electrons. The van der Waals surface area contributed by atoms with Crippen molar-refractivity contribution < 1.29 is 9.59 Å². The normalized spacial score (nSPS) is 34.8. The number of hydrogen-bond donors (Lipinski definition) is 1. The van der Waals surface area contributed by atoms with Gasteiger partial charge in [-0.05, 0) is 41.9 Å². The van der Waals surface area contributed by atoms with Crippen LogP contribution in [-0.4, -0.2) is 35.3 Å². The Bertz CT molecular complexity index is 465. The van der Waals surface area contributed by atoms with Crippen molar-refractivity contribution in [2.75, 3.05) is 6.54 Å². The first kappa shape index (κ1) is 14.9. The minimum atomic E-state index is -0.278. The van der Waals surface area contributed by atoms with Crippen molar-refractivity contribution in [1.82, 2.24) is 10.2 Å². The second-order valence-corrected chi connectivity index (χ2v) is 8.23. The average Bonchev–Trinajstić information content (AvgIpc) is 3.28. The van der Waals surface area contributed by atoms with Gasteiger partial charge in [0.15, 0.2) is 0 Å². The van der Waals surface area contributed by atoms with Crippen LogP contribution in [0.1, 0.15) is 53.9 Å². The lowest BCUT2D eigenvalue weighted by molar-refractivity contribution is -0.150. The molecule has 3 fully saturated rings. The van der Waals surface area contributed by atoms with Crippen LogP contribution in [0.15, 0.2) is 0 Å². The van der Waals surface area contributed by atoms with Gasteiger partial charge in [-0.3, -0.25) is 9.59 Å². The first-order valence-electron chi connectivity index (χ1n) is 8.32. The summed E-state index contributed by atoms with van der Waals surface area (Å²) in [5, 5.41) is 2.96. The van der Waals surface area contributed by atoms with Crippen molar-refractivity contribution in [2.24, 2.45) is 22.7 Å². The number of carbonyl (C=O) groups is 2. The quantitative estimate of drug-likeness (QED) is 0.863. The van der Waals surface area contributed by atoms with Crippen molar-refractivity contribution in [3.05, 3.63) is 0 Å². The van der Waals surface area contributed by atoms with Gasteiger partial charge in [-0.2, -0.15) is 0 Å². The number of hydrogen-bond acceptors (Lipinski definition) is 2. The van der Waals surface area contributed by atoms with Crippen molar-refractivity contribution >= 4 is 11.8 Å². The number of nitrogens with zero attached hydrogens (tertiary/aromatic N) is 1. The van der Waals surface area contributed by atoms with Gasteiger partial charge in [0.1, 0.15) is 12.1 Å². The van der Waals surface area contributed by atoms with E-state index in [0.717, 1.165) is 19.4 Å². The van der Waals surface area contributed by atoms with E-state index >= 15 is 0 Å². The average molecular weight is 292 g/mol. The van der Waals surface area contributed by atoms with E-state index in [4.69, 9.17) is 0 Å². The van der Waals surface area contributed by atoms with Crippen molar-refractivity contribution in [3.8, 4) is 0 Å². The third-order valence-corrected chi connectivity index (χ3v) is 6.70. The molecule has 4 nitrogen and oxygen atoms in total. The molecule has 0 bridgehead atoms. The molecule has 0 aromatic carbocycles. The van der Waals surface area contributed by atoms with Gasteiger partial charge in [0.05, 0.1) is 0 Å². The van der Waals surface area contributed by atoms with Gasteiger partial charge < -0.3 is 10.2 Å². The molecule has 3 aliphatic rings. The predicted molar refractivity (Wildman–Crippen MR) is 81.5 cm³/mol. The summed E-state index contributed by atoms with van der Waals surface area (Å²) < 4.78 is 0. The molecule has 21 heavy (non-hydrogen) atoms. The van der Waals surface area contributed by atoms with Crippen LogP contribution in [-0.2, 0) is 9.59 Å². The Morgan fingerprint density at radius 1 is 1.14 bits per heavy atom. The van der Waals surface area contributed by atoms with Crippen LogP contribution in [0, 0.1) is 22.7 Å². The van der Waals surface area contributed by atoms with Crippen molar-refractivity contribution in [2.45, 2.75) is 66.0 Å². The van der Waals surface area contributed by atoms with Crippen LogP contribution in [0.2, 0.25) is 0 Å². The number of rotatable bonds is 4. The topological polar surface area (TPSA) is 49.4 Å². The fraction of sp³-hybridized carbons (Fsp3) is 0.882. The molecule has 118 valence electrons. The van der Waals surface area contributed by atoms with E-state index in [1.165, 1.54) is 0 Å². The molecule has 2 saturated carbocycles. The van der Waals surface area contributed by atoms with Crippen LogP contribution in [0.5, 0.6) is 0 Å². The highest BCUT2D eigenvalue weighted by molar-refractivity contribution is 5.97. The fourth-order valence-corrected chi connectivity index (χ4v) is 4.14. The van der Waals surface area contributed by atoms with E-state index in [-0.39, 0.29) is 34.7 Å². The van der Waals surface area contributed by atoms with Crippen LogP contribution in [0.4, 0.5) is 0 Å². The van der Waals surface area contributed by atoms with Crippen LogP contribution < -0.4 is 5.32 Å². The molecule has 2 amide bonds. The molecule has 1 saturated heterocycles. The lowest BCUT2D eigenvalue weighted by atomic mass is 10.0. The second kappa shape index (κ2) is 4.47. The van der Waals surface area contributed by atoms with Gasteiger partial charge in [-0.1, -0.05) is 34.6 Å². The third kappa shape index (κ3) is 2.09. The molecule has 1 aliphatic heterocycles. The summed E-state index contributed by atoms with van der Waals surface area (Å²) in [5.41, 5.74) is 0.489. The SMILES string of the molecule is CCC1C(=O)NC(C2CC2)C(=O)N1CC1C(C)(C)C1(C)C. The lowest BCUT2D eigenvalue weighted by Gasteiger charge is -2.39. The van der Waals surface area contributed by atoms with Crippen molar-refractivity contribution in [3.63, 3.8) is 0 Å². The summed E-state index contributed by atoms with van der Waals surface area (Å²) in [6, 6.07) is -0.537. The summed E-state index contributed by atoms with van der Waals surface area (Å²) >= 11 is 0. The van der Waals surface area contributed by atoms with Gasteiger partial charge in [0, 0.05) is 6.54 Å². The Morgan fingerprint density at radius 2 is 1.71 bits per heavy atom. The Hall–Kier alpha value is -1.06. The summed E-state index contributed by atoms with van der Waals surface area (Å²) in [6.45, 7) is 11.8. The highest BCUT2D eigenvalue weighted by atomic mass is 16.2. The molecule has 0 spiro atoms. The van der Waals surface area contributed by atoms with Gasteiger partial charge in [-0.15, -0.1) is 0 Å². The Labute approximate surface area is 127 Å². The summed E-state index contributed by atoms with van der Waals surface area (Å²) in [5.74, 6) is 1.06. The van der Waals surface area contributed by atoms with Gasteiger partial charge in [-0.25, -0.2) is 0 Å². The van der Waals surface area contributed by atoms with E-state index < -0.39 is 0 Å². The van der Waals surface area contributed by atoms with Gasteiger partial charge in [0.25, 0.3) is 0 Å². The zero-order valence-corrected chi connectivity index (χ0v) is 13.9. The Balaban J connectivity index is 1.79. The molecule has 2 atom stereocenters. The molecule has 0 aromatic heterocycles. The summed E-state index contributed by atoms with van der Waals surface area (Å²) in [7, 11) is 0. The Kier molecular flexibility index (Phi) is 3.16. The maximum atomic E-state index is 12.8. The maximum absolute atomic E-state index is 12.8. The van der Waals surface area contributed by atoms with E-state index in [0.29, 0.717) is 18.3 Å². The summed E-state index contributed by atoms with van der Waals surface area (Å²) in [6.07, 6.45) is 2.84. The number of carbonyl (C=O) groups excluding carboxylic acids is 2. The zero-order valence-electron chi connectivity index (χ0n) is 13.9. The van der Waals surface area contributed by atoms with Crippen molar-refractivity contribution in [1.29, 1.82) is 0 Å². The van der Waals surface area contributed by atoms with E-state index in [1.807, 2.05) is 11.8 Å². The minimum absolute atomic E-state index is 0.0465. The molecule has 4 heteroatoms. The lowest BCUT2D eigenvalue weighted by Crippen LogP contribution is -2.64. The maximum Gasteiger partial charge on any atom is 0.246 e. The standard InChI is InChI=1S/C17H28N2O2/c1-6-11-14(20)18-13(10-7-8-10)15(21)19(11)9-12-16(2,3)17(12,4)5/h10-13H,6-9H2,1-5H3,(H,18,20). The van der Waals surface area contributed by atoms with E-state index in [9.17, 15) is 9.59 Å². The second-order valence-electron chi connectivity index (χ2n) is 8.23. The third-order valence-electron chi connectivity index (χ3n) is 6.70. The first-order valence-corrected chi connectivity index (χ1v) is 8.32. The van der Waals surface area contributed by atoms with Crippen LogP contribution >= 0.6 is 0 Å². The van der Waals surface area contributed by atoms with E-state index in [2.05, 4.69) is 33.0 Å². The largest absolute Gasteiger partial charge is 0.342 e. The molecular formula is C17H28N2O2. The van der Waals surface area contributed by atoms with Crippen LogP contribution in [0.3, 0.4) is 0 Å². The van der Waals surface area contributed by atoms with Crippen LogP contribution in [0.25, 0.3) is 0 Å². The molecule has 0 aromatic rings. The number of amides is 2. The number of piperazine rings is 1. The predicted octanol–water partition coefficient (Wildman–Crippen LogP) is 2.18. The highest BCUT2D eigenvalue weighted by Gasteiger charge is 2.65. The first-order chi connectivity index (χ1) is 9.71. The molecule has 3 rings (SSSR count). The Morgan fingerprint density at radius 3 is 2.14 bits per heavy atom. The molecule has 1 heterocycles. The molecule has 1 N–H and O–H groups in total. The molecule has 2 unspecified atom stereocenters.